The van der Waals surface area contributed by atoms with Gasteiger partial charge in [0.2, 0.25) is 0 Å². The Hall–Kier alpha value is -1.67. The molecule has 2 heteroatoms. The number of fused-ring (bicyclic) bond motifs is 1. The summed E-state index contributed by atoms with van der Waals surface area (Å²) in [5.74, 6) is 0. The lowest BCUT2D eigenvalue weighted by atomic mass is 9.84. The Kier molecular flexibility index (Phi) is 3.35. The van der Waals surface area contributed by atoms with Gasteiger partial charge in [0.15, 0.2) is 0 Å². The van der Waals surface area contributed by atoms with Crippen molar-refractivity contribution in [3.63, 3.8) is 0 Å². The van der Waals surface area contributed by atoms with Gasteiger partial charge in [0.25, 0.3) is 0 Å². The number of nitrogens with zero attached hydrogens (tertiary/aromatic N) is 1. The number of pyridine rings is 1. The van der Waals surface area contributed by atoms with Gasteiger partial charge in [-0.25, -0.2) is 0 Å². The standard InChI is InChI=1S/C18H21NO/c1-13-7-9-17(12-19-13)18(2,20)16-10-8-14-5-3-4-6-15(14)11-16/h7-12,20H,3-6H2,1-2H3. The van der Waals surface area contributed by atoms with E-state index < -0.39 is 5.60 Å². The Labute approximate surface area is 120 Å². The van der Waals surface area contributed by atoms with Crippen LogP contribution >= 0.6 is 0 Å². The predicted octanol–water partition coefficient (Wildman–Crippen LogP) is 3.52. The maximum atomic E-state index is 10.9. The Balaban J connectivity index is 2.00. The molecule has 1 heterocycles. The average molecular weight is 267 g/mol. The Morgan fingerprint density at radius 3 is 2.40 bits per heavy atom. The van der Waals surface area contributed by atoms with Gasteiger partial charge in [0.1, 0.15) is 5.60 Å². The molecule has 1 aliphatic carbocycles. The number of hydrogen-bond donors (Lipinski definition) is 1. The van der Waals surface area contributed by atoms with Crippen molar-refractivity contribution < 1.29 is 5.11 Å². The van der Waals surface area contributed by atoms with E-state index in [-0.39, 0.29) is 0 Å². The normalized spacial score (nSPS) is 17.4. The lowest BCUT2D eigenvalue weighted by molar-refractivity contribution is 0.102. The van der Waals surface area contributed by atoms with E-state index in [1.807, 2.05) is 26.0 Å². The first kappa shape index (κ1) is 13.3. The molecule has 0 saturated carbocycles. The summed E-state index contributed by atoms with van der Waals surface area (Å²) in [6.45, 7) is 3.81. The smallest absolute Gasteiger partial charge is 0.113 e. The largest absolute Gasteiger partial charge is 0.381 e. The van der Waals surface area contributed by atoms with Crippen LogP contribution in [0.5, 0.6) is 0 Å². The third kappa shape index (κ3) is 2.36. The zero-order valence-electron chi connectivity index (χ0n) is 12.2. The van der Waals surface area contributed by atoms with E-state index in [4.69, 9.17) is 0 Å². The minimum absolute atomic E-state index is 0.846. The molecular formula is C18H21NO. The minimum atomic E-state index is -0.979. The molecule has 0 radical (unpaired) electrons. The number of aryl methyl sites for hydroxylation is 3. The zero-order valence-corrected chi connectivity index (χ0v) is 12.2. The molecule has 104 valence electrons. The van der Waals surface area contributed by atoms with E-state index >= 15 is 0 Å². The fraction of sp³-hybridized carbons (Fsp3) is 0.389. The Morgan fingerprint density at radius 2 is 1.70 bits per heavy atom. The van der Waals surface area contributed by atoms with Gasteiger partial charge in [0.05, 0.1) is 0 Å². The van der Waals surface area contributed by atoms with E-state index in [1.54, 1.807) is 6.20 Å². The molecule has 0 aliphatic heterocycles. The Bertz CT molecular complexity index is 614. The monoisotopic (exact) mass is 267 g/mol. The summed E-state index contributed by atoms with van der Waals surface area (Å²) >= 11 is 0. The SMILES string of the molecule is Cc1ccc(C(C)(O)c2ccc3c(c2)CCCC3)cn1. The molecule has 1 N–H and O–H groups in total. The van der Waals surface area contributed by atoms with Crippen LogP contribution < -0.4 is 0 Å². The molecule has 1 aliphatic rings. The summed E-state index contributed by atoms with van der Waals surface area (Å²) in [5, 5.41) is 10.9. The second kappa shape index (κ2) is 5.02. The summed E-state index contributed by atoms with van der Waals surface area (Å²) in [5.41, 5.74) is 4.64. The summed E-state index contributed by atoms with van der Waals surface area (Å²) in [6, 6.07) is 10.3. The van der Waals surface area contributed by atoms with E-state index in [0.29, 0.717) is 0 Å². The second-order valence-corrected chi connectivity index (χ2v) is 5.95. The van der Waals surface area contributed by atoms with Crippen molar-refractivity contribution in [3.05, 3.63) is 64.5 Å². The quantitative estimate of drug-likeness (QED) is 0.903. The molecule has 3 rings (SSSR count). The molecule has 0 amide bonds. The maximum Gasteiger partial charge on any atom is 0.113 e. The van der Waals surface area contributed by atoms with Crippen molar-refractivity contribution >= 4 is 0 Å². The second-order valence-electron chi connectivity index (χ2n) is 5.95. The molecule has 0 saturated heterocycles. The van der Waals surface area contributed by atoms with Crippen LogP contribution in [0.2, 0.25) is 0 Å². The van der Waals surface area contributed by atoms with Crippen LogP contribution in [0.4, 0.5) is 0 Å². The molecular weight excluding hydrogens is 246 g/mol. The van der Waals surface area contributed by atoms with E-state index in [1.165, 1.54) is 30.4 Å². The Morgan fingerprint density at radius 1 is 1.00 bits per heavy atom. The highest BCUT2D eigenvalue weighted by atomic mass is 16.3. The first-order chi connectivity index (χ1) is 9.57. The minimum Gasteiger partial charge on any atom is -0.381 e. The summed E-state index contributed by atoms with van der Waals surface area (Å²) in [7, 11) is 0. The average Bonchev–Trinajstić information content (AvgIpc) is 2.47. The molecule has 0 fully saturated rings. The molecule has 20 heavy (non-hydrogen) atoms. The molecule has 0 spiro atoms. The summed E-state index contributed by atoms with van der Waals surface area (Å²) < 4.78 is 0. The van der Waals surface area contributed by atoms with Crippen molar-refractivity contribution in [2.75, 3.05) is 0 Å². The molecule has 0 bridgehead atoms. The number of benzene rings is 1. The highest BCUT2D eigenvalue weighted by Crippen LogP contribution is 2.32. The van der Waals surface area contributed by atoms with Crippen LogP contribution in [0.3, 0.4) is 0 Å². The van der Waals surface area contributed by atoms with Gasteiger partial charge in [0, 0.05) is 17.5 Å². The van der Waals surface area contributed by atoms with Crippen molar-refractivity contribution in [2.45, 2.75) is 45.1 Å². The van der Waals surface area contributed by atoms with Crippen LogP contribution in [0.25, 0.3) is 0 Å². The molecule has 1 aromatic carbocycles. The third-order valence-electron chi connectivity index (χ3n) is 4.38. The molecule has 1 atom stereocenters. The maximum absolute atomic E-state index is 10.9. The van der Waals surface area contributed by atoms with Gasteiger partial charge < -0.3 is 5.11 Å². The summed E-state index contributed by atoms with van der Waals surface area (Å²) in [4.78, 5) is 4.30. The fourth-order valence-corrected chi connectivity index (χ4v) is 2.96. The van der Waals surface area contributed by atoms with Crippen molar-refractivity contribution in [3.8, 4) is 0 Å². The van der Waals surface area contributed by atoms with Gasteiger partial charge in [-0.15, -0.1) is 0 Å². The molecule has 1 aromatic heterocycles. The highest BCUT2D eigenvalue weighted by Gasteiger charge is 2.27. The first-order valence-electron chi connectivity index (χ1n) is 7.35. The number of hydrogen-bond acceptors (Lipinski definition) is 2. The predicted molar refractivity (Wildman–Crippen MR) is 80.7 cm³/mol. The van der Waals surface area contributed by atoms with Crippen molar-refractivity contribution in [1.82, 2.24) is 4.98 Å². The lowest BCUT2D eigenvalue weighted by Gasteiger charge is -2.26. The number of aromatic nitrogens is 1. The zero-order chi connectivity index (χ0) is 14.2. The first-order valence-corrected chi connectivity index (χ1v) is 7.35. The van der Waals surface area contributed by atoms with Gasteiger partial charge in [-0.3, -0.25) is 4.98 Å². The topological polar surface area (TPSA) is 33.1 Å². The van der Waals surface area contributed by atoms with Crippen LogP contribution in [-0.2, 0) is 18.4 Å². The van der Waals surface area contributed by atoms with Gasteiger partial charge in [-0.1, -0.05) is 24.3 Å². The summed E-state index contributed by atoms with van der Waals surface area (Å²) in [6.07, 6.45) is 6.61. The van der Waals surface area contributed by atoms with Crippen LogP contribution in [-0.4, -0.2) is 10.1 Å². The van der Waals surface area contributed by atoms with Crippen molar-refractivity contribution in [2.24, 2.45) is 0 Å². The fourth-order valence-electron chi connectivity index (χ4n) is 2.96. The molecule has 2 nitrogen and oxygen atoms in total. The van der Waals surface area contributed by atoms with Crippen molar-refractivity contribution in [1.29, 1.82) is 0 Å². The van der Waals surface area contributed by atoms with E-state index in [9.17, 15) is 5.11 Å². The number of aliphatic hydroxyl groups is 1. The van der Waals surface area contributed by atoms with Crippen LogP contribution in [0.1, 0.15) is 47.7 Å². The van der Waals surface area contributed by atoms with Crippen LogP contribution in [0, 0.1) is 6.92 Å². The van der Waals surface area contributed by atoms with Gasteiger partial charge >= 0.3 is 0 Å². The lowest BCUT2D eigenvalue weighted by Crippen LogP contribution is -2.23. The van der Waals surface area contributed by atoms with E-state index in [2.05, 4.69) is 23.2 Å². The van der Waals surface area contributed by atoms with Gasteiger partial charge in [-0.2, -0.15) is 0 Å². The van der Waals surface area contributed by atoms with Gasteiger partial charge in [-0.05, 0) is 62.3 Å². The molecule has 2 aromatic rings. The van der Waals surface area contributed by atoms with E-state index in [0.717, 1.165) is 23.2 Å². The highest BCUT2D eigenvalue weighted by molar-refractivity contribution is 5.40. The number of rotatable bonds is 2. The molecule has 1 unspecified atom stereocenters. The van der Waals surface area contributed by atoms with Crippen LogP contribution in [0.15, 0.2) is 36.5 Å². The third-order valence-corrected chi connectivity index (χ3v) is 4.38.